The number of para-hydroxylation sites is 1. The molecule has 1 aliphatic rings. The van der Waals surface area contributed by atoms with E-state index in [-0.39, 0.29) is 5.91 Å². The van der Waals surface area contributed by atoms with Crippen LogP contribution in [0.5, 0.6) is 0 Å². The lowest BCUT2D eigenvalue weighted by molar-refractivity contribution is 0.0981. The van der Waals surface area contributed by atoms with Crippen LogP contribution in [-0.2, 0) is 6.42 Å². The smallest absolute Gasteiger partial charge is 0.258 e. The van der Waals surface area contributed by atoms with Crippen molar-refractivity contribution in [3.63, 3.8) is 0 Å². The van der Waals surface area contributed by atoms with Crippen molar-refractivity contribution < 1.29 is 4.79 Å². The van der Waals surface area contributed by atoms with E-state index in [9.17, 15) is 4.79 Å². The SMILES string of the molecule is CC1Cc2ccccc2N(C(=O)c2cc(N)cc(Br)c2)C1. The van der Waals surface area contributed by atoms with Gasteiger partial charge < -0.3 is 10.6 Å². The lowest BCUT2D eigenvalue weighted by Crippen LogP contribution is -2.39. The summed E-state index contributed by atoms with van der Waals surface area (Å²) in [6.45, 7) is 2.91. The van der Waals surface area contributed by atoms with Crippen LogP contribution in [0.1, 0.15) is 22.8 Å². The number of benzene rings is 2. The van der Waals surface area contributed by atoms with E-state index in [4.69, 9.17) is 5.73 Å². The topological polar surface area (TPSA) is 46.3 Å². The molecule has 2 aromatic rings. The van der Waals surface area contributed by atoms with Crippen molar-refractivity contribution in [2.45, 2.75) is 13.3 Å². The molecule has 0 aromatic heterocycles. The zero-order valence-corrected chi connectivity index (χ0v) is 13.4. The molecule has 0 fully saturated rings. The molecule has 1 unspecified atom stereocenters. The molecule has 0 saturated heterocycles. The van der Waals surface area contributed by atoms with Gasteiger partial charge in [-0.3, -0.25) is 4.79 Å². The van der Waals surface area contributed by atoms with E-state index in [0.29, 0.717) is 17.2 Å². The summed E-state index contributed by atoms with van der Waals surface area (Å²) in [5, 5.41) is 0. The highest BCUT2D eigenvalue weighted by Crippen LogP contribution is 2.31. The maximum absolute atomic E-state index is 12.9. The number of amides is 1. The van der Waals surface area contributed by atoms with Gasteiger partial charge in [-0.1, -0.05) is 41.1 Å². The molecule has 108 valence electrons. The maximum Gasteiger partial charge on any atom is 0.258 e. The molecule has 0 saturated carbocycles. The first kappa shape index (κ1) is 14.1. The van der Waals surface area contributed by atoms with Crippen LogP contribution in [0.2, 0.25) is 0 Å². The number of nitrogens with zero attached hydrogens (tertiary/aromatic N) is 1. The fraction of sp³-hybridized carbons (Fsp3) is 0.235. The molecule has 3 nitrogen and oxygen atoms in total. The fourth-order valence-electron chi connectivity index (χ4n) is 2.88. The van der Waals surface area contributed by atoms with Gasteiger partial charge >= 0.3 is 0 Å². The zero-order valence-electron chi connectivity index (χ0n) is 11.8. The number of fused-ring (bicyclic) bond motifs is 1. The highest BCUT2D eigenvalue weighted by Gasteiger charge is 2.27. The number of halogens is 1. The van der Waals surface area contributed by atoms with E-state index < -0.39 is 0 Å². The first-order valence-corrected chi connectivity index (χ1v) is 7.80. The van der Waals surface area contributed by atoms with Gasteiger partial charge in [0.15, 0.2) is 0 Å². The number of nitrogens with two attached hydrogens (primary N) is 1. The summed E-state index contributed by atoms with van der Waals surface area (Å²) in [6.07, 6.45) is 1.01. The summed E-state index contributed by atoms with van der Waals surface area (Å²) in [5.74, 6) is 0.454. The molecule has 21 heavy (non-hydrogen) atoms. The number of hydrogen-bond acceptors (Lipinski definition) is 2. The Hall–Kier alpha value is -1.81. The summed E-state index contributed by atoms with van der Waals surface area (Å²) in [5.41, 5.74) is 9.30. The van der Waals surface area contributed by atoms with Crippen LogP contribution in [0.15, 0.2) is 46.9 Å². The molecule has 1 aliphatic heterocycles. The molecule has 0 spiro atoms. The Balaban J connectivity index is 2.02. The minimum atomic E-state index is 0.00185. The molecule has 0 bridgehead atoms. The van der Waals surface area contributed by atoms with E-state index in [0.717, 1.165) is 23.1 Å². The summed E-state index contributed by atoms with van der Waals surface area (Å²) in [6, 6.07) is 13.5. The number of hydrogen-bond donors (Lipinski definition) is 1. The van der Waals surface area contributed by atoms with Gasteiger partial charge in [-0.25, -0.2) is 0 Å². The van der Waals surface area contributed by atoms with E-state index in [2.05, 4.69) is 28.9 Å². The van der Waals surface area contributed by atoms with Crippen molar-refractivity contribution in [2.24, 2.45) is 5.92 Å². The second-order valence-electron chi connectivity index (χ2n) is 5.63. The third-order valence-corrected chi connectivity index (χ3v) is 4.22. The quantitative estimate of drug-likeness (QED) is 0.798. The standard InChI is InChI=1S/C17H17BrN2O/c1-11-6-12-4-2-3-5-16(12)20(10-11)17(21)13-7-14(18)9-15(19)8-13/h2-5,7-9,11H,6,10,19H2,1H3. The molecule has 1 amide bonds. The number of carbonyl (C=O) groups excluding carboxylic acids is 1. The van der Waals surface area contributed by atoms with Gasteiger partial charge in [-0.2, -0.15) is 0 Å². The molecule has 2 N–H and O–H groups in total. The van der Waals surface area contributed by atoms with Crippen LogP contribution in [0.4, 0.5) is 11.4 Å². The normalized spacial score (nSPS) is 17.4. The van der Waals surface area contributed by atoms with Gasteiger partial charge in [0.25, 0.3) is 5.91 Å². The third kappa shape index (κ3) is 2.81. The van der Waals surface area contributed by atoms with E-state index >= 15 is 0 Å². The van der Waals surface area contributed by atoms with E-state index in [1.807, 2.05) is 29.2 Å². The molecule has 0 aliphatic carbocycles. The number of nitrogen functional groups attached to an aromatic ring is 1. The Bertz CT molecular complexity index is 679. The summed E-state index contributed by atoms with van der Waals surface area (Å²) >= 11 is 3.40. The molecule has 1 heterocycles. The minimum absolute atomic E-state index is 0.00185. The van der Waals surface area contributed by atoms with Gasteiger partial charge in [0.05, 0.1) is 0 Å². The van der Waals surface area contributed by atoms with Gasteiger partial charge in [0.2, 0.25) is 0 Å². The Morgan fingerprint density at radius 1 is 1.29 bits per heavy atom. The molecular weight excluding hydrogens is 328 g/mol. The first-order chi connectivity index (χ1) is 10.0. The van der Waals surface area contributed by atoms with Crippen LogP contribution < -0.4 is 10.6 Å². The third-order valence-electron chi connectivity index (χ3n) is 3.76. The lowest BCUT2D eigenvalue weighted by Gasteiger charge is -2.33. The van der Waals surface area contributed by atoms with Crippen LogP contribution in [-0.4, -0.2) is 12.5 Å². The molecule has 3 rings (SSSR count). The van der Waals surface area contributed by atoms with Gasteiger partial charge in [0.1, 0.15) is 0 Å². The predicted molar refractivity (Wildman–Crippen MR) is 89.5 cm³/mol. The second kappa shape index (κ2) is 5.53. The van der Waals surface area contributed by atoms with Crippen LogP contribution in [0.3, 0.4) is 0 Å². The van der Waals surface area contributed by atoms with Crippen LogP contribution >= 0.6 is 15.9 Å². The molecule has 4 heteroatoms. The highest BCUT2D eigenvalue weighted by molar-refractivity contribution is 9.10. The van der Waals surface area contributed by atoms with Crippen LogP contribution in [0, 0.1) is 5.92 Å². The fourth-order valence-corrected chi connectivity index (χ4v) is 3.39. The minimum Gasteiger partial charge on any atom is -0.399 e. The van der Waals surface area contributed by atoms with E-state index in [1.54, 1.807) is 12.1 Å². The molecule has 1 atom stereocenters. The molecular formula is C17H17BrN2O. The van der Waals surface area contributed by atoms with Crippen molar-refractivity contribution in [3.05, 3.63) is 58.1 Å². The predicted octanol–water partition coefficient (Wildman–Crippen LogP) is 3.87. The van der Waals surface area contributed by atoms with Crippen molar-refractivity contribution in [1.82, 2.24) is 0 Å². The Kier molecular flexibility index (Phi) is 3.72. The maximum atomic E-state index is 12.9. The highest BCUT2D eigenvalue weighted by atomic mass is 79.9. The monoisotopic (exact) mass is 344 g/mol. The number of rotatable bonds is 1. The number of anilines is 2. The van der Waals surface area contributed by atoms with Crippen molar-refractivity contribution in [3.8, 4) is 0 Å². The van der Waals surface area contributed by atoms with Crippen molar-refractivity contribution >= 4 is 33.2 Å². The van der Waals surface area contributed by atoms with Crippen LogP contribution in [0.25, 0.3) is 0 Å². The number of carbonyl (C=O) groups is 1. The average Bonchev–Trinajstić information content (AvgIpc) is 2.44. The summed E-state index contributed by atoms with van der Waals surface area (Å²) in [7, 11) is 0. The average molecular weight is 345 g/mol. The largest absolute Gasteiger partial charge is 0.399 e. The van der Waals surface area contributed by atoms with E-state index in [1.165, 1.54) is 5.56 Å². The molecule has 2 aromatic carbocycles. The van der Waals surface area contributed by atoms with Gasteiger partial charge in [0, 0.05) is 28.0 Å². The summed E-state index contributed by atoms with van der Waals surface area (Å²) in [4.78, 5) is 14.7. The Morgan fingerprint density at radius 2 is 2.05 bits per heavy atom. The van der Waals surface area contributed by atoms with Crippen molar-refractivity contribution in [1.29, 1.82) is 0 Å². The lowest BCUT2D eigenvalue weighted by atomic mass is 9.93. The molecule has 0 radical (unpaired) electrons. The first-order valence-electron chi connectivity index (χ1n) is 7.00. The van der Waals surface area contributed by atoms with Gasteiger partial charge in [-0.15, -0.1) is 0 Å². The van der Waals surface area contributed by atoms with Gasteiger partial charge in [-0.05, 0) is 42.2 Å². The second-order valence-corrected chi connectivity index (χ2v) is 6.54. The summed E-state index contributed by atoms with van der Waals surface area (Å²) < 4.78 is 0.823. The van der Waals surface area contributed by atoms with Crippen molar-refractivity contribution in [2.75, 3.05) is 17.2 Å². The zero-order chi connectivity index (χ0) is 15.0. The Labute approximate surface area is 132 Å². The Morgan fingerprint density at radius 3 is 2.81 bits per heavy atom.